The molecule has 0 aliphatic rings. The van der Waals surface area contributed by atoms with Crippen molar-refractivity contribution in [2.45, 2.75) is 39.3 Å². The lowest BCUT2D eigenvalue weighted by Crippen LogP contribution is -2.31. The SMILES string of the molecule is CCC(C)NC(=O)c1ccc(NC(=O)CNc2ccc(C(=O)NC(C)c3ccccc3)cc2)cc1. The molecule has 0 saturated heterocycles. The average Bonchev–Trinajstić information content (AvgIpc) is 2.88. The number of benzene rings is 3. The van der Waals surface area contributed by atoms with Gasteiger partial charge in [-0.15, -0.1) is 0 Å². The minimum atomic E-state index is -0.222. The van der Waals surface area contributed by atoms with Gasteiger partial charge in [-0.2, -0.15) is 0 Å². The number of hydrogen-bond acceptors (Lipinski definition) is 4. The van der Waals surface area contributed by atoms with Crippen LogP contribution in [0.15, 0.2) is 78.9 Å². The highest BCUT2D eigenvalue weighted by Crippen LogP contribution is 2.15. The third-order valence-corrected chi connectivity index (χ3v) is 5.67. The van der Waals surface area contributed by atoms with Gasteiger partial charge in [0.15, 0.2) is 0 Å². The minimum Gasteiger partial charge on any atom is -0.376 e. The number of anilines is 2. The smallest absolute Gasteiger partial charge is 0.251 e. The fourth-order valence-electron chi connectivity index (χ4n) is 3.35. The van der Waals surface area contributed by atoms with Gasteiger partial charge in [0.05, 0.1) is 12.6 Å². The second kappa shape index (κ2) is 12.4. The summed E-state index contributed by atoms with van der Waals surface area (Å²) in [5.74, 6) is -0.516. The van der Waals surface area contributed by atoms with Crippen molar-refractivity contribution < 1.29 is 14.4 Å². The predicted octanol–water partition coefficient (Wildman–Crippen LogP) is 4.76. The summed E-state index contributed by atoms with van der Waals surface area (Å²) in [6.45, 7) is 5.97. The van der Waals surface area contributed by atoms with Gasteiger partial charge in [0.25, 0.3) is 11.8 Å². The van der Waals surface area contributed by atoms with Gasteiger partial charge in [-0.1, -0.05) is 37.3 Å². The van der Waals surface area contributed by atoms with E-state index in [0.717, 1.165) is 17.7 Å². The normalized spacial score (nSPS) is 12.2. The average molecular weight is 473 g/mol. The van der Waals surface area contributed by atoms with E-state index < -0.39 is 0 Å². The molecule has 0 aromatic heterocycles. The van der Waals surface area contributed by atoms with E-state index in [4.69, 9.17) is 0 Å². The molecule has 0 heterocycles. The van der Waals surface area contributed by atoms with Crippen LogP contribution in [0.4, 0.5) is 11.4 Å². The van der Waals surface area contributed by atoms with Crippen molar-refractivity contribution in [2.75, 3.05) is 17.2 Å². The van der Waals surface area contributed by atoms with E-state index in [2.05, 4.69) is 21.3 Å². The highest BCUT2D eigenvalue weighted by Gasteiger charge is 2.12. The van der Waals surface area contributed by atoms with Crippen LogP contribution in [0.3, 0.4) is 0 Å². The Bertz CT molecular complexity index is 1130. The highest BCUT2D eigenvalue weighted by molar-refractivity contribution is 5.97. The maximum absolute atomic E-state index is 12.5. The van der Waals surface area contributed by atoms with Crippen molar-refractivity contribution in [3.63, 3.8) is 0 Å². The Labute approximate surface area is 206 Å². The predicted molar refractivity (Wildman–Crippen MR) is 140 cm³/mol. The maximum Gasteiger partial charge on any atom is 0.251 e. The van der Waals surface area contributed by atoms with Gasteiger partial charge in [-0.25, -0.2) is 0 Å². The van der Waals surface area contributed by atoms with E-state index in [9.17, 15) is 14.4 Å². The van der Waals surface area contributed by atoms with Gasteiger partial charge in [0, 0.05) is 28.5 Å². The molecule has 0 aliphatic carbocycles. The third-order valence-electron chi connectivity index (χ3n) is 5.67. The summed E-state index contributed by atoms with van der Waals surface area (Å²) in [5, 5.41) is 11.7. The molecule has 4 N–H and O–H groups in total. The van der Waals surface area contributed by atoms with E-state index in [1.165, 1.54) is 0 Å². The van der Waals surface area contributed by atoms with Crippen LogP contribution >= 0.6 is 0 Å². The van der Waals surface area contributed by atoms with Crippen molar-refractivity contribution in [2.24, 2.45) is 0 Å². The molecule has 0 spiro atoms. The van der Waals surface area contributed by atoms with Crippen molar-refractivity contribution in [1.82, 2.24) is 10.6 Å². The Morgan fingerprint density at radius 2 is 1.26 bits per heavy atom. The molecule has 0 aliphatic heterocycles. The molecule has 0 radical (unpaired) electrons. The summed E-state index contributed by atoms with van der Waals surface area (Å²) < 4.78 is 0. The Hall–Kier alpha value is -4.13. The summed E-state index contributed by atoms with van der Waals surface area (Å²) in [7, 11) is 0. The van der Waals surface area contributed by atoms with Crippen LogP contribution in [0, 0.1) is 0 Å². The molecule has 0 fully saturated rings. The molecule has 182 valence electrons. The zero-order valence-corrected chi connectivity index (χ0v) is 20.3. The highest BCUT2D eigenvalue weighted by atomic mass is 16.2. The number of carbonyl (C=O) groups is 3. The van der Waals surface area contributed by atoms with Crippen LogP contribution in [-0.2, 0) is 4.79 Å². The van der Waals surface area contributed by atoms with Crippen molar-refractivity contribution >= 4 is 29.1 Å². The van der Waals surface area contributed by atoms with E-state index in [1.807, 2.05) is 51.1 Å². The number of nitrogens with one attached hydrogen (secondary N) is 4. The van der Waals surface area contributed by atoms with Crippen molar-refractivity contribution in [3.05, 3.63) is 95.6 Å². The summed E-state index contributed by atoms with van der Waals surface area (Å²) in [6.07, 6.45) is 0.857. The Kier molecular flexibility index (Phi) is 9.01. The first-order valence-corrected chi connectivity index (χ1v) is 11.8. The molecule has 7 heteroatoms. The fraction of sp³-hybridized carbons (Fsp3) is 0.250. The lowest BCUT2D eigenvalue weighted by Gasteiger charge is -2.14. The third kappa shape index (κ3) is 7.71. The van der Waals surface area contributed by atoms with Crippen LogP contribution in [0.1, 0.15) is 59.5 Å². The quantitative estimate of drug-likeness (QED) is 0.342. The number of hydrogen-bond donors (Lipinski definition) is 4. The first-order valence-electron chi connectivity index (χ1n) is 11.8. The van der Waals surface area contributed by atoms with Crippen molar-refractivity contribution in [1.29, 1.82) is 0 Å². The molecule has 0 saturated carbocycles. The lowest BCUT2D eigenvalue weighted by molar-refractivity contribution is -0.114. The van der Waals surface area contributed by atoms with E-state index in [0.29, 0.717) is 16.8 Å². The van der Waals surface area contributed by atoms with E-state index >= 15 is 0 Å². The molecule has 2 unspecified atom stereocenters. The minimum absolute atomic E-state index is 0.0623. The van der Waals surface area contributed by atoms with Gasteiger partial charge < -0.3 is 21.3 Å². The molecular formula is C28H32N4O3. The Morgan fingerprint density at radius 3 is 1.83 bits per heavy atom. The Morgan fingerprint density at radius 1 is 0.714 bits per heavy atom. The molecule has 3 aromatic rings. The first kappa shape index (κ1) is 25.5. The van der Waals surface area contributed by atoms with Crippen LogP contribution in [0.25, 0.3) is 0 Å². The molecule has 3 amide bonds. The molecule has 35 heavy (non-hydrogen) atoms. The van der Waals surface area contributed by atoms with Gasteiger partial charge in [-0.05, 0) is 74.4 Å². The van der Waals surface area contributed by atoms with Gasteiger partial charge in [0.2, 0.25) is 5.91 Å². The molecule has 3 aromatic carbocycles. The van der Waals surface area contributed by atoms with E-state index in [1.54, 1.807) is 48.5 Å². The van der Waals surface area contributed by atoms with Gasteiger partial charge >= 0.3 is 0 Å². The van der Waals surface area contributed by atoms with Crippen LogP contribution < -0.4 is 21.3 Å². The lowest BCUT2D eigenvalue weighted by atomic mass is 10.1. The largest absolute Gasteiger partial charge is 0.376 e. The monoisotopic (exact) mass is 472 g/mol. The second-order valence-electron chi connectivity index (χ2n) is 8.45. The Balaban J connectivity index is 1.46. The van der Waals surface area contributed by atoms with Gasteiger partial charge in [0.1, 0.15) is 0 Å². The molecule has 3 rings (SSSR count). The topological polar surface area (TPSA) is 99.3 Å². The summed E-state index contributed by atoms with van der Waals surface area (Å²) in [4.78, 5) is 37.0. The van der Waals surface area contributed by atoms with Crippen molar-refractivity contribution in [3.8, 4) is 0 Å². The molecule has 7 nitrogen and oxygen atoms in total. The van der Waals surface area contributed by atoms with Gasteiger partial charge in [-0.3, -0.25) is 14.4 Å². The molecule has 0 bridgehead atoms. The molecular weight excluding hydrogens is 440 g/mol. The first-order chi connectivity index (χ1) is 16.9. The molecule has 2 atom stereocenters. The number of rotatable bonds is 10. The zero-order chi connectivity index (χ0) is 25.2. The summed E-state index contributed by atoms with van der Waals surface area (Å²) >= 11 is 0. The number of amides is 3. The second-order valence-corrected chi connectivity index (χ2v) is 8.45. The zero-order valence-electron chi connectivity index (χ0n) is 20.3. The summed E-state index contributed by atoms with van der Waals surface area (Å²) in [5.41, 5.74) is 3.46. The van der Waals surface area contributed by atoms with E-state index in [-0.39, 0.29) is 36.3 Å². The number of carbonyl (C=O) groups excluding carboxylic acids is 3. The summed E-state index contributed by atoms with van der Waals surface area (Å²) in [6, 6.07) is 23.5. The van der Waals surface area contributed by atoms with Crippen LogP contribution in [0.5, 0.6) is 0 Å². The standard InChI is InChI=1S/C28H32N4O3/c1-4-19(2)30-27(34)22-12-16-25(17-13-22)32-26(33)18-29-24-14-10-23(11-15-24)28(35)31-20(3)21-8-6-5-7-9-21/h5-17,19-20,29H,4,18H2,1-3H3,(H,30,34)(H,31,35)(H,32,33). The van der Waals surface area contributed by atoms with Crippen LogP contribution in [0.2, 0.25) is 0 Å². The van der Waals surface area contributed by atoms with Crippen LogP contribution in [-0.4, -0.2) is 30.3 Å². The maximum atomic E-state index is 12.5. The fourth-order valence-corrected chi connectivity index (χ4v) is 3.35.